The molecule has 0 radical (unpaired) electrons. The molecular weight excluding hydrogens is 352 g/mol. The summed E-state index contributed by atoms with van der Waals surface area (Å²) >= 11 is 6.12. The van der Waals surface area contributed by atoms with Crippen molar-refractivity contribution in [2.24, 2.45) is 0 Å². The number of nitrogens with zero attached hydrogens (tertiary/aromatic N) is 1. The lowest BCUT2D eigenvalue weighted by atomic mass is 10.1. The zero-order valence-electron chi connectivity index (χ0n) is 15.4. The summed E-state index contributed by atoms with van der Waals surface area (Å²) in [6, 6.07) is 12.8. The molecule has 0 fully saturated rings. The fraction of sp³-hybridized carbons (Fsp3) is 0.300. The molecule has 0 aliphatic rings. The molecule has 1 unspecified atom stereocenters. The first-order chi connectivity index (χ1) is 12.3. The maximum atomic E-state index is 12.5. The molecule has 0 bridgehead atoms. The number of para-hydroxylation sites is 1. The highest BCUT2D eigenvalue weighted by Gasteiger charge is 2.18. The fourth-order valence-electron chi connectivity index (χ4n) is 2.33. The molecule has 0 spiro atoms. The number of amides is 2. The third-order valence-electron chi connectivity index (χ3n) is 3.98. The van der Waals surface area contributed by atoms with E-state index >= 15 is 0 Å². The van der Waals surface area contributed by atoms with Gasteiger partial charge in [0.05, 0.1) is 5.02 Å². The number of aryl methyl sites for hydroxylation is 1. The van der Waals surface area contributed by atoms with Gasteiger partial charge in [0.1, 0.15) is 5.75 Å². The maximum Gasteiger partial charge on any atom is 0.265 e. The molecule has 0 heterocycles. The number of benzene rings is 2. The Labute approximate surface area is 158 Å². The highest BCUT2D eigenvalue weighted by Crippen LogP contribution is 2.26. The predicted molar refractivity (Wildman–Crippen MR) is 103 cm³/mol. The Hall–Kier alpha value is -2.53. The molecule has 1 N–H and O–H groups in total. The largest absolute Gasteiger partial charge is 0.479 e. The van der Waals surface area contributed by atoms with Crippen molar-refractivity contribution in [3.05, 3.63) is 58.6 Å². The quantitative estimate of drug-likeness (QED) is 0.830. The summed E-state index contributed by atoms with van der Waals surface area (Å²) in [5.74, 6) is 0.135. The van der Waals surface area contributed by atoms with Gasteiger partial charge in [0.2, 0.25) is 5.91 Å². The highest BCUT2D eigenvalue weighted by molar-refractivity contribution is 6.32. The molecule has 2 rings (SSSR count). The van der Waals surface area contributed by atoms with Crippen LogP contribution in [0.15, 0.2) is 42.5 Å². The van der Waals surface area contributed by atoms with Crippen LogP contribution >= 0.6 is 11.6 Å². The van der Waals surface area contributed by atoms with Gasteiger partial charge in [-0.2, -0.15) is 0 Å². The van der Waals surface area contributed by atoms with Crippen LogP contribution in [-0.2, 0) is 16.1 Å². The number of ether oxygens (including phenoxy) is 1. The minimum atomic E-state index is -0.729. The van der Waals surface area contributed by atoms with Crippen LogP contribution in [0.2, 0.25) is 5.02 Å². The Kier molecular flexibility index (Phi) is 6.64. The third-order valence-corrected chi connectivity index (χ3v) is 4.29. The lowest BCUT2D eigenvalue weighted by Gasteiger charge is -2.20. The fourth-order valence-corrected chi connectivity index (χ4v) is 2.49. The lowest BCUT2D eigenvalue weighted by molar-refractivity contribution is -0.128. The van der Waals surface area contributed by atoms with Gasteiger partial charge in [-0.1, -0.05) is 35.9 Å². The number of carbonyl (C=O) groups excluding carboxylic acids is 2. The van der Waals surface area contributed by atoms with Crippen molar-refractivity contribution in [2.45, 2.75) is 33.4 Å². The normalized spacial score (nSPS) is 11.6. The molecular formula is C20H23ClN2O3. The molecule has 138 valence electrons. The van der Waals surface area contributed by atoms with E-state index in [1.807, 2.05) is 31.2 Å². The molecule has 5 nitrogen and oxygen atoms in total. The van der Waals surface area contributed by atoms with E-state index in [-0.39, 0.29) is 11.8 Å². The van der Waals surface area contributed by atoms with Gasteiger partial charge in [0.25, 0.3) is 5.91 Å². The lowest BCUT2D eigenvalue weighted by Crippen LogP contribution is -2.31. The second kappa shape index (κ2) is 8.72. The van der Waals surface area contributed by atoms with Crippen molar-refractivity contribution in [2.75, 3.05) is 12.4 Å². The van der Waals surface area contributed by atoms with Gasteiger partial charge in [-0.3, -0.25) is 9.59 Å². The van der Waals surface area contributed by atoms with E-state index in [2.05, 4.69) is 5.32 Å². The minimum absolute atomic E-state index is 0.0445. The molecule has 0 aliphatic heterocycles. The molecule has 0 aromatic heterocycles. The average Bonchev–Trinajstić information content (AvgIpc) is 2.59. The van der Waals surface area contributed by atoms with Crippen LogP contribution in [0.4, 0.5) is 5.69 Å². The number of halogens is 1. The summed E-state index contributed by atoms with van der Waals surface area (Å²) in [7, 11) is 1.71. The Balaban J connectivity index is 2.09. The molecule has 6 heteroatoms. The first kappa shape index (κ1) is 19.8. The average molecular weight is 375 g/mol. The second-order valence-corrected chi connectivity index (χ2v) is 6.62. The SMILES string of the molecule is CC(=O)N(C)Cc1ccccc1NC(=O)C(C)Oc1cc(C)ccc1Cl. The molecule has 0 saturated carbocycles. The van der Waals surface area contributed by atoms with E-state index in [9.17, 15) is 9.59 Å². The monoisotopic (exact) mass is 374 g/mol. The second-order valence-electron chi connectivity index (χ2n) is 6.22. The first-order valence-corrected chi connectivity index (χ1v) is 8.69. The predicted octanol–water partition coefficient (Wildman–Crippen LogP) is 4.03. The van der Waals surface area contributed by atoms with Crippen LogP contribution in [0.1, 0.15) is 25.0 Å². The van der Waals surface area contributed by atoms with E-state index in [1.54, 1.807) is 37.1 Å². The van der Waals surface area contributed by atoms with Gasteiger partial charge >= 0.3 is 0 Å². The van der Waals surface area contributed by atoms with Crippen LogP contribution in [0.3, 0.4) is 0 Å². The number of anilines is 1. The molecule has 0 aliphatic carbocycles. The van der Waals surface area contributed by atoms with Gasteiger partial charge in [-0.05, 0) is 43.2 Å². The number of rotatable bonds is 6. The Bertz CT molecular complexity index is 807. The van der Waals surface area contributed by atoms with E-state index < -0.39 is 6.10 Å². The van der Waals surface area contributed by atoms with Gasteiger partial charge in [0, 0.05) is 26.2 Å². The zero-order valence-corrected chi connectivity index (χ0v) is 16.1. The van der Waals surface area contributed by atoms with Crippen LogP contribution in [0.5, 0.6) is 5.75 Å². The van der Waals surface area contributed by atoms with Crippen molar-refractivity contribution in [3.63, 3.8) is 0 Å². The Morgan fingerprint density at radius 2 is 1.92 bits per heavy atom. The van der Waals surface area contributed by atoms with Gasteiger partial charge in [-0.25, -0.2) is 0 Å². The van der Waals surface area contributed by atoms with Crippen molar-refractivity contribution in [1.29, 1.82) is 0 Å². The van der Waals surface area contributed by atoms with Crippen LogP contribution in [-0.4, -0.2) is 29.9 Å². The Morgan fingerprint density at radius 3 is 2.62 bits per heavy atom. The van der Waals surface area contributed by atoms with Crippen molar-refractivity contribution in [1.82, 2.24) is 4.90 Å². The first-order valence-electron chi connectivity index (χ1n) is 8.31. The van der Waals surface area contributed by atoms with Crippen molar-refractivity contribution >= 4 is 29.1 Å². The summed E-state index contributed by atoms with van der Waals surface area (Å²) in [5, 5.41) is 3.32. The summed E-state index contributed by atoms with van der Waals surface area (Å²) in [6.07, 6.45) is -0.729. The van der Waals surface area contributed by atoms with Gasteiger partial charge in [0.15, 0.2) is 6.10 Å². The standard InChI is InChI=1S/C20H23ClN2O3/c1-13-9-10-17(21)19(11-13)26-14(2)20(25)22-18-8-6-5-7-16(18)12-23(4)15(3)24/h5-11,14H,12H2,1-4H3,(H,22,25). The smallest absolute Gasteiger partial charge is 0.265 e. The molecule has 2 aromatic carbocycles. The van der Waals surface area contributed by atoms with E-state index in [0.717, 1.165) is 11.1 Å². The summed E-state index contributed by atoms with van der Waals surface area (Å²) in [4.78, 5) is 25.6. The third kappa shape index (κ3) is 5.23. The van der Waals surface area contributed by atoms with Crippen molar-refractivity contribution < 1.29 is 14.3 Å². The molecule has 0 saturated heterocycles. The summed E-state index contributed by atoms with van der Waals surface area (Å²) in [6.45, 7) is 5.50. The maximum absolute atomic E-state index is 12.5. The number of hydrogen-bond donors (Lipinski definition) is 1. The number of carbonyl (C=O) groups is 2. The van der Waals surface area contributed by atoms with Crippen LogP contribution in [0, 0.1) is 6.92 Å². The summed E-state index contributed by atoms with van der Waals surface area (Å²) in [5.41, 5.74) is 2.49. The van der Waals surface area contributed by atoms with Gasteiger partial charge in [-0.15, -0.1) is 0 Å². The van der Waals surface area contributed by atoms with E-state index in [1.165, 1.54) is 6.92 Å². The molecule has 2 aromatic rings. The van der Waals surface area contributed by atoms with Crippen LogP contribution < -0.4 is 10.1 Å². The summed E-state index contributed by atoms with van der Waals surface area (Å²) < 4.78 is 5.71. The highest BCUT2D eigenvalue weighted by atomic mass is 35.5. The number of nitrogens with one attached hydrogen (secondary N) is 1. The minimum Gasteiger partial charge on any atom is -0.479 e. The van der Waals surface area contributed by atoms with E-state index in [4.69, 9.17) is 16.3 Å². The number of hydrogen-bond acceptors (Lipinski definition) is 3. The molecule has 2 amide bonds. The van der Waals surface area contributed by atoms with E-state index in [0.29, 0.717) is 23.0 Å². The molecule has 1 atom stereocenters. The zero-order chi connectivity index (χ0) is 19.3. The van der Waals surface area contributed by atoms with Crippen molar-refractivity contribution in [3.8, 4) is 5.75 Å². The topological polar surface area (TPSA) is 58.6 Å². The Morgan fingerprint density at radius 1 is 1.23 bits per heavy atom. The van der Waals surface area contributed by atoms with Crippen LogP contribution in [0.25, 0.3) is 0 Å². The molecule has 26 heavy (non-hydrogen) atoms. The van der Waals surface area contributed by atoms with Gasteiger partial charge < -0.3 is 15.0 Å².